The largest absolute Gasteiger partial charge is 0.493 e. The van der Waals surface area contributed by atoms with E-state index in [9.17, 15) is 14.7 Å². The van der Waals surface area contributed by atoms with E-state index in [0.29, 0.717) is 17.1 Å². The molecule has 1 saturated carbocycles. The molecule has 192 valence electrons. The Balaban J connectivity index is 1.22. The molecule has 37 heavy (non-hydrogen) atoms. The highest BCUT2D eigenvalue weighted by Gasteiger charge is 2.30. The Morgan fingerprint density at radius 3 is 2.22 bits per heavy atom. The van der Waals surface area contributed by atoms with Gasteiger partial charge in [-0.1, -0.05) is 54.6 Å². The molecule has 1 atom stereocenters. The summed E-state index contributed by atoms with van der Waals surface area (Å²) in [6.07, 6.45) is 3.87. The summed E-state index contributed by atoms with van der Waals surface area (Å²) in [4.78, 5) is 24.6. The van der Waals surface area contributed by atoms with Crippen LogP contribution in [-0.2, 0) is 16.0 Å². The topological polar surface area (TPSA) is 94.1 Å². The standard InChI is InChI=1S/C30H31NO6/c1-35-28-17-19(14-15-27(28)37-20-8-2-3-9-20)16-26(29(32)33)31-30(34)36-18-25-23-12-6-4-10-21(23)22-11-5-7-13-24(22)25/h4-7,10-15,17,20,25-26H,2-3,8-9,16,18H2,1H3,(H,31,34)(H,32,33). The molecule has 0 radical (unpaired) electrons. The Morgan fingerprint density at radius 1 is 0.946 bits per heavy atom. The maximum atomic E-state index is 12.7. The Morgan fingerprint density at radius 2 is 1.59 bits per heavy atom. The van der Waals surface area contributed by atoms with Gasteiger partial charge in [0.25, 0.3) is 0 Å². The molecule has 2 aliphatic carbocycles. The maximum absolute atomic E-state index is 12.7. The van der Waals surface area contributed by atoms with Crippen LogP contribution in [-0.4, -0.2) is 43.0 Å². The van der Waals surface area contributed by atoms with Crippen molar-refractivity contribution in [2.45, 2.75) is 50.2 Å². The van der Waals surface area contributed by atoms with Crippen molar-refractivity contribution in [2.75, 3.05) is 13.7 Å². The second-order valence-corrected chi connectivity index (χ2v) is 9.57. The molecule has 3 aromatic rings. The lowest BCUT2D eigenvalue weighted by molar-refractivity contribution is -0.139. The highest BCUT2D eigenvalue weighted by atomic mass is 16.5. The first-order chi connectivity index (χ1) is 18.0. The molecular weight excluding hydrogens is 470 g/mol. The number of amides is 1. The summed E-state index contributed by atoms with van der Waals surface area (Å²) < 4.78 is 17.1. The van der Waals surface area contributed by atoms with Crippen molar-refractivity contribution in [3.05, 3.63) is 83.4 Å². The van der Waals surface area contributed by atoms with Crippen LogP contribution in [0, 0.1) is 0 Å². The van der Waals surface area contributed by atoms with Crippen LogP contribution in [0.3, 0.4) is 0 Å². The second kappa shape index (κ2) is 10.9. The molecule has 2 aliphatic rings. The van der Waals surface area contributed by atoms with E-state index in [0.717, 1.165) is 47.9 Å². The van der Waals surface area contributed by atoms with Crippen molar-refractivity contribution < 1.29 is 28.9 Å². The number of carbonyl (C=O) groups is 2. The number of benzene rings is 3. The van der Waals surface area contributed by atoms with Gasteiger partial charge in [0.15, 0.2) is 11.5 Å². The number of aliphatic carboxylic acids is 1. The molecule has 0 saturated heterocycles. The molecule has 1 fully saturated rings. The third-order valence-electron chi connectivity index (χ3n) is 7.20. The number of rotatable bonds is 9. The molecule has 0 heterocycles. The van der Waals surface area contributed by atoms with E-state index in [1.54, 1.807) is 19.2 Å². The minimum Gasteiger partial charge on any atom is -0.493 e. The fourth-order valence-electron chi connectivity index (χ4n) is 5.34. The summed E-state index contributed by atoms with van der Waals surface area (Å²) in [6, 6.07) is 20.3. The molecular formula is C30H31NO6. The van der Waals surface area contributed by atoms with Gasteiger partial charge in [-0.15, -0.1) is 0 Å². The fraction of sp³-hybridized carbons (Fsp3) is 0.333. The summed E-state index contributed by atoms with van der Waals surface area (Å²) in [5.41, 5.74) is 5.16. The summed E-state index contributed by atoms with van der Waals surface area (Å²) in [5.74, 6) is -0.0407. The predicted octanol–water partition coefficient (Wildman–Crippen LogP) is 5.55. The predicted molar refractivity (Wildman–Crippen MR) is 139 cm³/mol. The first kappa shape index (κ1) is 24.7. The van der Waals surface area contributed by atoms with Crippen LogP contribution in [0.4, 0.5) is 4.79 Å². The van der Waals surface area contributed by atoms with Gasteiger partial charge in [0.2, 0.25) is 0 Å². The number of carboxylic acids is 1. The zero-order valence-electron chi connectivity index (χ0n) is 20.8. The number of ether oxygens (including phenoxy) is 3. The van der Waals surface area contributed by atoms with Gasteiger partial charge < -0.3 is 24.6 Å². The average molecular weight is 502 g/mol. The Hall–Kier alpha value is -4.00. The highest BCUT2D eigenvalue weighted by molar-refractivity contribution is 5.81. The minimum atomic E-state index is -1.15. The Kier molecular flexibility index (Phi) is 7.30. The molecule has 1 amide bonds. The van der Waals surface area contributed by atoms with Crippen molar-refractivity contribution in [3.8, 4) is 22.6 Å². The third kappa shape index (κ3) is 5.40. The van der Waals surface area contributed by atoms with Crippen molar-refractivity contribution in [3.63, 3.8) is 0 Å². The first-order valence-electron chi connectivity index (χ1n) is 12.7. The zero-order chi connectivity index (χ0) is 25.8. The lowest BCUT2D eigenvalue weighted by atomic mass is 9.98. The van der Waals surface area contributed by atoms with E-state index in [1.165, 1.54) is 0 Å². The van der Waals surface area contributed by atoms with Gasteiger partial charge in [-0.05, 0) is 65.6 Å². The lowest BCUT2D eigenvalue weighted by Crippen LogP contribution is -2.42. The number of carbonyl (C=O) groups excluding carboxylic acids is 1. The van der Waals surface area contributed by atoms with E-state index in [4.69, 9.17) is 14.2 Å². The smallest absolute Gasteiger partial charge is 0.407 e. The number of nitrogens with one attached hydrogen (secondary N) is 1. The summed E-state index contributed by atoms with van der Waals surface area (Å²) in [5, 5.41) is 12.3. The first-order valence-corrected chi connectivity index (χ1v) is 12.7. The summed E-state index contributed by atoms with van der Waals surface area (Å²) >= 11 is 0. The van der Waals surface area contributed by atoms with Gasteiger partial charge in [-0.25, -0.2) is 9.59 Å². The van der Waals surface area contributed by atoms with Crippen molar-refractivity contribution in [1.29, 1.82) is 0 Å². The monoisotopic (exact) mass is 501 g/mol. The van der Waals surface area contributed by atoms with Crippen LogP contribution < -0.4 is 14.8 Å². The molecule has 5 rings (SSSR count). The van der Waals surface area contributed by atoms with Gasteiger partial charge in [0.1, 0.15) is 12.6 Å². The maximum Gasteiger partial charge on any atom is 0.407 e. The minimum absolute atomic E-state index is 0.0829. The van der Waals surface area contributed by atoms with Gasteiger partial charge in [-0.3, -0.25) is 0 Å². The molecule has 3 aromatic carbocycles. The summed E-state index contributed by atoms with van der Waals surface area (Å²) in [7, 11) is 1.56. The van der Waals surface area contributed by atoms with Gasteiger partial charge in [0, 0.05) is 12.3 Å². The zero-order valence-corrected chi connectivity index (χ0v) is 20.8. The van der Waals surface area contributed by atoms with Crippen LogP contribution in [0.25, 0.3) is 11.1 Å². The van der Waals surface area contributed by atoms with Crippen molar-refractivity contribution >= 4 is 12.1 Å². The number of hydrogen-bond acceptors (Lipinski definition) is 5. The van der Waals surface area contributed by atoms with E-state index < -0.39 is 18.1 Å². The number of fused-ring (bicyclic) bond motifs is 3. The van der Waals surface area contributed by atoms with E-state index >= 15 is 0 Å². The third-order valence-corrected chi connectivity index (χ3v) is 7.20. The van der Waals surface area contributed by atoms with E-state index in [2.05, 4.69) is 17.4 Å². The molecule has 2 N–H and O–H groups in total. The number of alkyl carbamates (subject to hydrolysis) is 1. The molecule has 1 unspecified atom stereocenters. The Bertz CT molecular complexity index is 1240. The van der Waals surface area contributed by atoms with Crippen molar-refractivity contribution in [1.82, 2.24) is 5.32 Å². The SMILES string of the molecule is COc1cc(CC(NC(=O)OCC2c3ccccc3-c3ccccc32)C(=O)O)ccc1OC1CCCC1. The van der Waals surface area contributed by atoms with Crippen molar-refractivity contribution in [2.24, 2.45) is 0 Å². The van der Waals surface area contributed by atoms with E-state index in [-0.39, 0.29) is 25.0 Å². The molecule has 7 heteroatoms. The van der Waals surface area contributed by atoms with E-state index in [1.807, 2.05) is 42.5 Å². The van der Waals surface area contributed by atoms with Crippen LogP contribution in [0.5, 0.6) is 11.5 Å². The number of methoxy groups -OCH3 is 1. The van der Waals surface area contributed by atoms with Gasteiger partial charge in [0.05, 0.1) is 13.2 Å². The quantitative estimate of drug-likeness (QED) is 0.399. The van der Waals surface area contributed by atoms with Crippen LogP contribution in [0.2, 0.25) is 0 Å². The molecule has 0 spiro atoms. The highest BCUT2D eigenvalue weighted by Crippen LogP contribution is 2.44. The number of hydrogen-bond donors (Lipinski definition) is 2. The molecule has 0 aromatic heterocycles. The molecule has 0 bridgehead atoms. The lowest BCUT2D eigenvalue weighted by Gasteiger charge is -2.19. The van der Waals surface area contributed by atoms with Gasteiger partial charge >= 0.3 is 12.1 Å². The number of carboxylic acid groups (broad SMARTS) is 1. The molecule has 0 aliphatic heterocycles. The molecule has 7 nitrogen and oxygen atoms in total. The van der Waals surface area contributed by atoms with Crippen LogP contribution >= 0.6 is 0 Å². The second-order valence-electron chi connectivity index (χ2n) is 9.57. The van der Waals surface area contributed by atoms with Crippen LogP contribution in [0.15, 0.2) is 66.7 Å². The normalized spacial score (nSPS) is 15.5. The van der Waals surface area contributed by atoms with Gasteiger partial charge in [-0.2, -0.15) is 0 Å². The Labute approximate surface area is 216 Å². The fourth-order valence-corrected chi connectivity index (χ4v) is 5.34. The summed E-state index contributed by atoms with van der Waals surface area (Å²) in [6.45, 7) is 0.118. The van der Waals surface area contributed by atoms with Crippen LogP contribution in [0.1, 0.15) is 48.3 Å². The average Bonchev–Trinajstić information content (AvgIpc) is 3.54.